The van der Waals surface area contributed by atoms with Crippen molar-refractivity contribution in [2.75, 3.05) is 25.6 Å². The van der Waals surface area contributed by atoms with E-state index in [9.17, 15) is 22.8 Å². The lowest BCUT2D eigenvalue weighted by atomic mass is 9.77. The zero-order chi connectivity index (χ0) is 32.0. The molecule has 1 fully saturated rings. The van der Waals surface area contributed by atoms with Crippen LogP contribution in [0.1, 0.15) is 48.8 Å². The molecule has 3 N–H and O–H groups in total. The van der Waals surface area contributed by atoms with Gasteiger partial charge >= 0.3 is 6.18 Å². The van der Waals surface area contributed by atoms with Crippen molar-refractivity contribution in [2.45, 2.75) is 44.7 Å². The third-order valence-corrected chi connectivity index (χ3v) is 8.59. The van der Waals surface area contributed by atoms with Gasteiger partial charge in [0.25, 0.3) is 0 Å². The zero-order valence-corrected chi connectivity index (χ0v) is 25.0. The molecule has 0 saturated heterocycles. The number of amides is 1. The number of nitrogens with one attached hydrogen (secondary N) is 1. The summed E-state index contributed by atoms with van der Waals surface area (Å²) in [6.07, 6.45) is -0.938. The molecular weight excluding hydrogens is 583 g/mol. The van der Waals surface area contributed by atoms with Crippen LogP contribution in [0.2, 0.25) is 0 Å². The molecule has 236 valence electrons. The monoisotopic (exact) mass is 619 g/mol. The number of nitrogens with zero attached hydrogens (tertiary/aromatic N) is 3. The maximum Gasteiger partial charge on any atom is 0.417 e. The minimum Gasteiger partial charge on any atom is -0.497 e. The van der Waals surface area contributed by atoms with Gasteiger partial charge in [0.1, 0.15) is 11.5 Å². The van der Waals surface area contributed by atoms with Crippen LogP contribution in [0.3, 0.4) is 0 Å². The van der Waals surface area contributed by atoms with E-state index in [1.807, 2.05) is 0 Å². The van der Waals surface area contributed by atoms with Gasteiger partial charge in [0.15, 0.2) is 12.5 Å². The van der Waals surface area contributed by atoms with Crippen LogP contribution in [0, 0.1) is 17.8 Å². The number of ketones is 1. The standard InChI is InChI=1S/C34H36F3N5O3/c1-45-28-14-15-29(30(18-28)34(35,36)37)23-6-2-21(3-7-23)16-26(17-31(43)24-8-4-22(19-38)5-9-24)33(44)41-27-12-10-25(11-13-27)32-39-20-40-42-32/h2-3,6-7,10-15,18,22,24,26H,4-5,8-9,16-17,19-20,38H2,1H3,(H,41,44)/t22?,24?,26-/m1/s1. The second-order valence-electron chi connectivity index (χ2n) is 11.6. The molecule has 3 aromatic rings. The number of anilines is 1. The van der Waals surface area contributed by atoms with Gasteiger partial charge in [-0.2, -0.15) is 18.3 Å². The Hall–Kier alpha value is -4.38. The number of benzene rings is 3. The fourth-order valence-corrected chi connectivity index (χ4v) is 5.95. The van der Waals surface area contributed by atoms with Crippen LogP contribution in [0.25, 0.3) is 11.1 Å². The van der Waals surface area contributed by atoms with Crippen molar-refractivity contribution in [2.24, 2.45) is 38.7 Å². The molecule has 45 heavy (non-hydrogen) atoms. The van der Waals surface area contributed by atoms with Crippen molar-refractivity contribution in [3.63, 3.8) is 0 Å². The van der Waals surface area contributed by atoms with Crippen molar-refractivity contribution >= 4 is 23.2 Å². The Kier molecular flexibility index (Phi) is 10.1. The Morgan fingerprint density at radius 3 is 2.27 bits per heavy atom. The van der Waals surface area contributed by atoms with E-state index in [0.717, 1.165) is 42.9 Å². The number of halogens is 3. The van der Waals surface area contributed by atoms with E-state index in [2.05, 4.69) is 20.5 Å². The first-order chi connectivity index (χ1) is 21.6. The second kappa shape index (κ2) is 14.2. The molecular formula is C34H36F3N5O3. The van der Waals surface area contributed by atoms with E-state index in [1.54, 1.807) is 48.5 Å². The summed E-state index contributed by atoms with van der Waals surface area (Å²) in [5.41, 5.74) is 7.52. The van der Waals surface area contributed by atoms with Crippen LogP contribution in [0.15, 0.2) is 82.0 Å². The Morgan fingerprint density at radius 1 is 0.978 bits per heavy atom. The Labute approximate surface area is 260 Å². The quantitative estimate of drug-likeness (QED) is 0.239. The van der Waals surface area contributed by atoms with Crippen molar-refractivity contribution in [3.8, 4) is 16.9 Å². The minimum absolute atomic E-state index is 0.0286. The molecule has 5 rings (SSSR count). The third kappa shape index (κ3) is 8.02. The first-order valence-electron chi connectivity index (χ1n) is 15.0. The van der Waals surface area contributed by atoms with Gasteiger partial charge in [0.2, 0.25) is 5.91 Å². The molecule has 0 unspecified atom stereocenters. The normalized spacial score (nSPS) is 18.7. The second-order valence-corrected chi connectivity index (χ2v) is 11.6. The van der Waals surface area contributed by atoms with E-state index >= 15 is 0 Å². The molecule has 1 aliphatic carbocycles. The summed E-state index contributed by atoms with van der Waals surface area (Å²) in [6, 6.07) is 17.6. The first kappa shape index (κ1) is 32.0. The average molecular weight is 620 g/mol. The molecule has 2 aliphatic rings. The summed E-state index contributed by atoms with van der Waals surface area (Å²) in [6.45, 7) is 0.903. The number of hydrogen-bond acceptors (Lipinski definition) is 7. The Balaban J connectivity index is 1.34. The fourth-order valence-electron chi connectivity index (χ4n) is 5.95. The predicted octanol–water partition coefficient (Wildman–Crippen LogP) is 7.07. The number of aliphatic imine (C=N–C) groups is 1. The SMILES string of the molecule is COc1ccc(-c2ccc(C[C@H](CC(=O)C3CCC(CN)CC3)C(=O)Nc3ccc(C4=NCN=N4)cc3)cc2)c(C(F)(F)F)c1. The van der Waals surface area contributed by atoms with Crippen LogP contribution in [-0.2, 0) is 22.2 Å². The molecule has 0 bridgehead atoms. The van der Waals surface area contributed by atoms with Gasteiger partial charge in [0, 0.05) is 29.5 Å². The highest BCUT2D eigenvalue weighted by molar-refractivity contribution is 6.01. The number of hydrogen-bond donors (Lipinski definition) is 2. The minimum atomic E-state index is -4.57. The number of alkyl halides is 3. The number of nitrogens with two attached hydrogens (primary N) is 1. The van der Waals surface area contributed by atoms with E-state index in [1.165, 1.54) is 19.2 Å². The third-order valence-electron chi connectivity index (χ3n) is 8.59. The maximum atomic E-state index is 13.8. The van der Waals surface area contributed by atoms with Crippen LogP contribution in [-0.4, -0.2) is 37.8 Å². The van der Waals surface area contributed by atoms with Gasteiger partial charge in [-0.15, -0.1) is 5.11 Å². The largest absolute Gasteiger partial charge is 0.497 e. The van der Waals surface area contributed by atoms with Gasteiger partial charge in [-0.25, -0.2) is 4.99 Å². The topological polar surface area (TPSA) is 118 Å². The van der Waals surface area contributed by atoms with Gasteiger partial charge in [0.05, 0.1) is 12.7 Å². The molecule has 0 aromatic heterocycles. The summed E-state index contributed by atoms with van der Waals surface area (Å²) in [5, 5.41) is 10.8. The Morgan fingerprint density at radius 2 is 1.67 bits per heavy atom. The summed E-state index contributed by atoms with van der Waals surface area (Å²) in [5.74, 6) is 0.0385. The molecule has 3 aromatic carbocycles. The maximum absolute atomic E-state index is 13.8. The molecule has 1 atom stereocenters. The molecule has 1 saturated carbocycles. The predicted molar refractivity (Wildman–Crippen MR) is 166 cm³/mol. The molecule has 1 amide bonds. The molecule has 0 radical (unpaired) electrons. The summed E-state index contributed by atoms with van der Waals surface area (Å²) in [4.78, 5) is 31.2. The van der Waals surface area contributed by atoms with Crippen LogP contribution in [0.5, 0.6) is 5.75 Å². The summed E-state index contributed by atoms with van der Waals surface area (Å²) < 4.78 is 46.5. The van der Waals surface area contributed by atoms with Crippen molar-refractivity contribution in [1.29, 1.82) is 0 Å². The first-order valence-corrected chi connectivity index (χ1v) is 15.0. The van der Waals surface area contributed by atoms with Crippen molar-refractivity contribution < 1.29 is 27.5 Å². The average Bonchev–Trinajstić information content (AvgIpc) is 3.60. The lowest BCUT2D eigenvalue weighted by Crippen LogP contribution is -2.31. The summed E-state index contributed by atoms with van der Waals surface area (Å²) in [7, 11) is 1.32. The number of amidine groups is 1. The lowest BCUT2D eigenvalue weighted by molar-refractivity contribution is -0.137. The lowest BCUT2D eigenvalue weighted by Gasteiger charge is -2.27. The smallest absolute Gasteiger partial charge is 0.417 e. The van der Waals surface area contributed by atoms with E-state index < -0.39 is 17.7 Å². The molecule has 1 aliphatic heterocycles. The van der Waals surface area contributed by atoms with Gasteiger partial charge in [-0.05, 0) is 97.7 Å². The van der Waals surface area contributed by atoms with E-state index in [0.29, 0.717) is 36.2 Å². The number of Topliss-reactive ketones (excluding diaryl/α,β-unsaturated/α-hetero) is 1. The molecule has 1 heterocycles. The highest BCUT2D eigenvalue weighted by Gasteiger charge is 2.34. The summed E-state index contributed by atoms with van der Waals surface area (Å²) >= 11 is 0. The van der Waals surface area contributed by atoms with E-state index in [-0.39, 0.29) is 41.8 Å². The zero-order valence-electron chi connectivity index (χ0n) is 25.0. The fraction of sp³-hybridized carbons (Fsp3) is 0.382. The molecule has 8 nitrogen and oxygen atoms in total. The van der Waals surface area contributed by atoms with Gasteiger partial charge < -0.3 is 15.8 Å². The number of carbonyl (C=O) groups is 2. The Bertz CT molecular complexity index is 1560. The highest BCUT2D eigenvalue weighted by Crippen LogP contribution is 2.39. The number of methoxy groups -OCH3 is 1. The number of carbonyl (C=O) groups excluding carboxylic acids is 2. The van der Waals surface area contributed by atoms with Crippen molar-refractivity contribution in [1.82, 2.24) is 0 Å². The van der Waals surface area contributed by atoms with Gasteiger partial charge in [-0.3, -0.25) is 9.59 Å². The van der Waals surface area contributed by atoms with Crippen molar-refractivity contribution in [3.05, 3.63) is 83.4 Å². The van der Waals surface area contributed by atoms with E-state index in [4.69, 9.17) is 10.5 Å². The van der Waals surface area contributed by atoms with Gasteiger partial charge in [-0.1, -0.05) is 30.3 Å². The number of ether oxygens (including phenoxy) is 1. The van der Waals surface area contributed by atoms with Crippen LogP contribution < -0.4 is 15.8 Å². The van der Waals surface area contributed by atoms with Crippen LogP contribution >= 0.6 is 0 Å². The number of rotatable bonds is 11. The highest BCUT2D eigenvalue weighted by atomic mass is 19.4. The van der Waals surface area contributed by atoms with Crippen LogP contribution in [0.4, 0.5) is 18.9 Å². The molecule has 0 spiro atoms. The molecule has 11 heteroatoms. The number of azo groups is 1.